The Kier molecular flexibility index (Phi) is 7.50. The van der Waals surface area contributed by atoms with E-state index >= 15 is 0 Å². The molecule has 5 nitrogen and oxygen atoms in total. The van der Waals surface area contributed by atoms with Gasteiger partial charge in [-0.15, -0.1) is 0 Å². The summed E-state index contributed by atoms with van der Waals surface area (Å²) in [6.45, 7) is 13.2. The average molecular weight is 389 g/mol. The summed E-state index contributed by atoms with van der Waals surface area (Å²) in [4.78, 5) is 27.7. The third-order valence-corrected chi connectivity index (χ3v) is 5.12. The van der Waals surface area contributed by atoms with Crippen molar-refractivity contribution in [2.75, 3.05) is 23.4 Å². The Morgan fingerprint density at radius 3 is 2.43 bits per heavy atom. The predicted molar refractivity (Wildman–Crippen MR) is 115 cm³/mol. The van der Waals surface area contributed by atoms with E-state index in [0.717, 1.165) is 31.4 Å². The molecule has 0 aliphatic carbocycles. The van der Waals surface area contributed by atoms with Gasteiger partial charge in [0.05, 0.1) is 11.1 Å². The van der Waals surface area contributed by atoms with E-state index in [2.05, 4.69) is 33.0 Å². The number of anilines is 2. The number of hydrogen-bond acceptors (Lipinski definition) is 3. The number of nitrogens with one attached hydrogen (secondary N) is 1. The highest BCUT2D eigenvalue weighted by Gasteiger charge is 2.38. The number of carbonyl (C=O) groups is 2. The van der Waals surface area contributed by atoms with E-state index in [1.54, 1.807) is 0 Å². The molecule has 0 atom stereocenters. The number of carbonyl (C=O) groups excluding carboxylic acids is 2. The van der Waals surface area contributed by atoms with E-state index < -0.39 is 5.41 Å². The second-order valence-electron chi connectivity index (χ2n) is 8.93. The molecule has 0 bridgehead atoms. The number of rotatable bonds is 8. The number of amides is 2. The zero-order valence-electron chi connectivity index (χ0n) is 18.3. The van der Waals surface area contributed by atoms with Crippen molar-refractivity contribution in [2.45, 2.75) is 67.2 Å². The number of hydrogen-bond donors (Lipinski definition) is 1. The number of ether oxygens (including phenoxy) is 1. The van der Waals surface area contributed by atoms with Crippen molar-refractivity contribution in [3.05, 3.63) is 18.2 Å². The quantitative estimate of drug-likeness (QED) is 0.662. The second-order valence-corrected chi connectivity index (χ2v) is 8.93. The lowest BCUT2D eigenvalue weighted by Gasteiger charge is -2.29. The van der Waals surface area contributed by atoms with Crippen molar-refractivity contribution in [3.63, 3.8) is 0 Å². The van der Waals surface area contributed by atoms with Crippen LogP contribution in [-0.4, -0.2) is 25.0 Å². The summed E-state index contributed by atoms with van der Waals surface area (Å²) in [6.07, 6.45) is 3.75. The summed E-state index contributed by atoms with van der Waals surface area (Å²) in [6, 6.07) is 5.60. The van der Waals surface area contributed by atoms with Gasteiger partial charge in [0.25, 0.3) is 0 Å². The molecule has 0 spiro atoms. The molecule has 1 N–H and O–H groups in total. The fraction of sp³-hybridized carbons (Fsp3) is 0.652. The topological polar surface area (TPSA) is 58.6 Å². The molecule has 0 unspecified atom stereocenters. The zero-order chi connectivity index (χ0) is 20.9. The van der Waals surface area contributed by atoms with Crippen LogP contribution in [0.3, 0.4) is 0 Å². The highest BCUT2D eigenvalue weighted by Crippen LogP contribution is 2.38. The van der Waals surface area contributed by atoms with Gasteiger partial charge in [0.1, 0.15) is 12.4 Å². The Hall–Kier alpha value is -2.04. The monoisotopic (exact) mass is 388 g/mol. The van der Waals surface area contributed by atoms with E-state index in [1.807, 2.05) is 36.9 Å². The fourth-order valence-electron chi connectivity index (χ4n) is 3.62. The first-order chi connectivity index (χ1) is 13.2. The number of fused-ring (bicyclic) bond motifs is 1. The third-order valence-electron chi connectivity index (χ3n) is 5.12. The highest BCUT2D eigenvalue weighted by atomic mass is 16.5. The van der Waals surface area contributed by atoms with Crippen LogP contribution in [0.15, 0.2) is 18.2 Å². The van der Waals surface area contributed by atoms with Crippen LogP contribution in [0.4, 0.5) is 11.4 Å². The summed E-state index contributed by atoms with van der Waals surface area (Å²) in [5.74, 6) is 1.15. The number of benzene rings is 1. The molecule has 0 fully saturated rings. The fourth-order valence-corrected chi connectivity index (χ4v) is 3.62. The zero-order valence-corrected chi connectivity index (χ0v) is 18.3. The number of nitrogens with zero attached hydrogens (tertiary/aromatic N) is 1. The molecule has 0 radical (unpaired) electrons. The third kappa shape index (κ3) is 5.27. The Morgan fingerprint density at radius 1 is 1.21 bits per heavy atom. The van der Waals surface area contributed by atoms with Crippen LogP contribution in [0.25, 0.3) is 0 Å². The van der Waals surface area contributed by atoms with Gasteiger partial charge in [-0.05, 0) is 50.8 Å². The summed E-state index contributed by atoms with van der Waals surface area (Å²) in [7, 11) is 0. The van der Waals surface area contributed by atoms with Gasteiger partial charge in [0.15, 0.2) is 0 Å². The van der Waals surface area contributed by atoms with Crippen molar-refractivity contribution in [1.82, 2.24) is 0 Å². The van der Waals surface area contributed by atoms with Gasteiger partial charge in [-0.25, -0.2) is 0 Å². The molecule has 0 saturated heterocycles. The Bertz CT molecular complexity index is 691. The van der Waals surface area contributed by atoms with Crippen molar-refractivity contribution < 1.29 is 14.3 Å². The van der Waals surface area contributed by atoms with E-state index in [4.69, 9.17) is 4.74 Å². The molecule has 1 aliphatic rings. The molecule has 1 aromatic carbocycles. The largest absolute Gasteiger partial charge is 0.490 e. The van der Waals surface area contributed by atoms with Gasteiger partial charge in [0.2, 0.25) is 11.8 Å². The minimum Gasteiger partial charge on any atom is -0.490 e. The van der Waals surface area contributed by atoms with E-state index in [0.29, 0.717) is 30.5 Å². The van der Waals surface area contributed by atoms with E-state index in [1.165, 1.54) is 0 Å². The molecule has 2 rings (SSSR count). The standard InChI is InChI=1S/C23H36N2O3/c1-7-9-17(10-8-2)21(26)24-18-11-12-20-19(13-18)25(14-16(3)4)22(27)23(5,6)15-28-20/h11-13,16-17H,7-10,14-15H2,1-6H3,(H,24,26). The lowest BCUT2D eigenvalue weighted by atomic mass is 9.92. The molecule has 1 aromatic rings. The van der Waals surface area contributed by atoms with E-state index in [-0.39, 0.29) is 17.7 Å². The minimum atomic E-state index is -0.593. The van der Waals surface area contributed by atoms with Crippen LogP contribution in [0.2, 0.25) is 0 Å². The predicted octanol–water partition coefficient (Wildman–Crippen LogP) is 5.25. The maximum Gasteiger partial charge on any atom is 0.236 e. The van der Waals surface area contributed by atoms with Gasteiger partial charge in [-0.2, -0.15) is 0 Å². The van der Waals surface area contributed by atoms with Gasteiger partial charge < -0.3 is 15.0 Å². The van der Waals surface area contributed by atoms with Gasteiger partial charge in [0, 0.05) is 18.2 Å². The summed E-state index contributed by atoms with van der Waals surface area (Å²) < 4.78 is 5.96. The van der Waals surface area contributed by atoms with Crippen molar-refractivity contribution in [1.29, 1.82) is 0 Å². The molecule has 0 aromatic heterocycles. The Morgan fingerprint density at radius 2 is 1.86 bits per heavy atom. The lowest BCUT2D eigenvalue weighted by molar-refractivity contribution is -0.127. The average Bonchev–Trinajstić information content (AvgIpc) is 2.71. The van der Waals surface area contributed by atoms with Crippen LogP contribution in [0.1, 0.15) is 67.2 Å². The summed E-state index contributed by atoms with van der Waals surface area (Å²) in [5.41, 5.74) is 0.862. The second kappa shape index (κ2) is 9.44. The van der Waals surface area contributed by atoms with Crippen LogP contribution in [0, 0.1) is 17.3 Å². The van der Waals surface area contributed by atoms with Crippen LogP contribution >= 0.6 is 0 Å². The Balaban J connectivity index is 2.33. The summed E-state index contributed by atoms with van der Waals surface area (Å²) in [5, 5.41) is 3.06. The van der Waals surface area contributed by atoms with Crippen LogP contribution < -0.4 is 15.0 Å². The lowest BCUT2D eigenvalue weighted by Crippen LogP contribution is -2.43. The van der Waals surface area contributed by atoms with Gasteiger partial charge >= 0.3 is 0 Å². The van der Waals surface area contributed by atoms with Crippen LogP contribution in [-0.2, 0) is 9.59 Å². The smallest absolute Gasteiger partial charge is 0.236 e. The molecule has 1 aliphatic heterocycles. The van der Waals surface area contributed by atoms with Crippen molar-refractivity contribution in [3.8, 4) is 5.75 Å². The van der Waals surface area contributed by atoms with Gasteiger partial charge in [-0.3, -0.25) is 9.59 Å². The summed E-state index contributed by atoms with van der Waals surface area (Å²) >= 11 is 0. The minimum absolute atomic E-state index is 0.0254. The van der Waals surface area contributed by atoms with E-state index in [9.17, 15) is 9.59 Å². The molecule has 2 amide bonds. The first kappa shape index (κ1) is 22.3. The first-order valence-corrected chi connectivity index (χ1v) is 10.6. The van der Waals surface area contributed by atoms with Gasteiger partial charge in [-0.1, -0.05) is 40.5 Å². The molecular formula is C23H36N2O3. The van der Waals surface area contributed by atoms with Crippen molar-refractivity contribution >= 4 is 23.2 Å². The normalized spacial score (nSPS) is 16.0. The Labute approximate surface area is 169 Å². The molecule has 1 heterocycles. The molecule has 0 saturated carbocycles. The molecular weight excluding hydrogens is 352 g/mol. The SMILES string of the molecule is CCCC(CCC)C(=O)Nc1ccc2c(c1)N(CC(C)C)C(=O)C(C)(C)CO2. The molecule has 5 heteroatoms. The molecule has 28 heavy (non-hydrogen) atoms. The van der Waals surface area contributed by atoms with Crippen molar-refractivity contribution in [2.24, 2.45) is 17.3 Å². The molecule has 156 valence electrons. The maximum atomic E-state index is 13.1. The van der Waals surface area contributed by atoms with Crippen LogP contribution in [0.5, 0.6) is 5.75 Å². The maximum absolute atomic E-state index is 13.1. The highest BCUT2D eigenvalue weighted by molar-refractivity contribution is 6.00. The first-order valence-electron chi connectivity index (χ1n) is 10.6.